The zero-order chi connectivity index (χ0) is 9.19. The number of nitrogens with one attached hydrogen (secondary N) is 1. The van der Waals surface area contributed by atoms with Gasteiger partial charge < -0.3 is 9.84 Å². The van der Waals surface area contributed by atoms with Gasteiger partial charge >= 0.3 is 6.01 Å². The van der Waals surface area contributed by atoms with Gasteiger partial charge in [0.1, 0.15) is 0 Å². The van der Waals surface area contributed by atoms with Crippen LogP contribution in [-0.4, -0.2) is 17.2 Å². The molecule has 1 rings (SSSR count). The zero-order valence-electron chi connectivity index (χ0n) is 8.01. The average Bonchev–Trinajstić information content (AvgIpc) is 2.52. The van der Waals surface area contributed by atoms with Crippen LogP contribution in [0.3, 0.4) is 0 Å². The van der Waals surface area contributed by atoms with Crippen molar-refractivity contribution in [1.29, 1.82) is 0 Å². The fourth-order valence-corrected chi connectivity index (χ4v) is 0.758. The average molecular weight is 169 g/mol. The van der Waals surface area contributed by atoms with Gasteiger partial charge in [-0.3, -0.25) is 0 Å². The minimum atomic E-state index is -0.00139. The van der Waals surface area contributed by atoms with Gasteiger partial charge in [-0.15, -0.1) is 0 Å². The third kappa shape index (κ3) is 1.57. The van der Waals surface area contributed by atoms with E-state index in [0.29, 0.717) is 6.01 Å². The predicted molar refractivity (Wildman–Crippen MR) is 47.2 cm³/mol. The predicted octanol–water partition coefficient (Wildman–Crippen LogP) is 1.80. The van der Waals surface area contributed by atoms with Crippen LogP contribution in [-0.2, 0) is 5.41 Å². The highest BCUT2D eigenvalue weighted by Crippen LogP contribution is 2.24. The first-order chi connectivity index (χ1) is 5.60. The fraction of sp³-hybridized carbons (Fsp3) is 0.750. The van der Waals surface area contributed by atoms with E-state index in [9.17, 15) is 0 Å². The molecule has 0 atom stereocenters. The molecule has 0 aliphatic rings. The summed E-state index contributed by atoms with van der Waals surface area (Å²) in [7, 11) is 1.76. The zero-order valence-corrected chi connectivity index (χ0v) is 8.01. The Morgan fingerprint density at radius 3 is 2.58 bits per heavy atom. The van der Waals surface area contributed by atoms with Gasteiger partial charge in [-0.05, 0) is 6.42 Å². The summed E-state index contributed by atoms with van der Waals surface area (Å²) in [5, 5.41) is 6.68. The number of aromatic nitrogens is 2. The van der Waals surface area contributed by atoms with E-state index in [1.165, 1.54) is 0 Å². The van der Waals surface area contributed by atoms with Gasteiger partial charge in [-0.25, -0.2) is 0 Å². The number of hydrogen-bond acceptors (Lipinski definition) is 4. The smallest absolute Gasteiger partial charge is 0.321 e. The summed E-state index contributed by atoms with van der Waals surface area (Å²) >= 11 is 0. The largest absolute Gasteiger partial charge is 0.341 e. The van der Waals surface area contributed by atoms with E-state index in [1.54, 1.807) is 7.05 Å². The number of anilines is 1. The lowest BCUT2D eigenvalue weighted by atomic mass is 9.90. The van der Waals surface area contributed by atoms with Crippen molar-refractivity contribution in [2.75, 3.05) is 12.4 Å². The molecule has 0 saturated heterocycles. The molecule has 12 heavy (non-hydrogen) atoms. The highest BCUT2D eigenvalue weighted by atomic mass is 16.5. The van der Waals surface area contributed by atoms with Crippen LogP contribution in [0.15, 0.2) is 4.52 Å². The maximum atomic E-state index is 4.93. The maximum absolute atomic E-state index is 4.93. The van der Waals surface area contributed by atoms with E-state index >= 15 is 0 Å². The minimum Gasteiger partial charge on any atom is -0.341 e. The summed E-state index contributed by atoms with van der Waals surface area (Å²) in [6, 6.07) is 0.478. The van der Waals surface area contributed by atoms with Crippen LogP contribution < -0.4 is 5.32 Å². The van der Waals surface area contributed by atoms with Gasteiger partial charge in [-0.2, -0.15) is 4.98 Å². The van der Waals surface area contributed by atoms with Crippen molar-refractivity contribution in [3.8, 4) is 0 Å². The molecule has 1 N–H and O–H groups in total. The summed E-state index contributed by atoms with van der Waals surface area (Å²) in [4.78, 5) is 4.18. The van der Waals surface area contributed by atoms with Crippen LogP contribution in [0, 0.1) is 0 Å². The Morgan fingerprint density at radius 1 is 1.50 bits per heavy atom. The Bertz CT molecular complexity index is 255. The van der Waals surface area contributed by atoms with Crippen molar-refractivity contribution < 1.29 is 4.52 Å². The maximum Gasteiger partial charge on any atom is 0.321 e. The molecule has 0 amide bonds. The van der Waals surface area contributed by atoms with Gasteiger partial charge in [0.15, 0.2) is 5.82 Å². The second-order valence-corrected chi connectivity index (χ2v) is 3.41. The highest BCUT2D eigenvalue weighted by molar-refractivity contribution is 5.18. The monoisotopic (exact) mass is 169 g/mol. The summed E-state index contributed by atoms with van der Waals surface area (Å²) < 4.78 is 4.93. The van der Waals surface area contributed by atoms with Crippen molar-refractivity contribution in [2.24, 2.45) is 0 Å². The SMILES string of the molecule is CCC(C)(C)c1noc(NC)n1. The van der Waals surface area contributed by atoms with Crippen LogP contribution in [0.1, 0.15) is 33.0 Å². The first kappa shape index (κ1) is 9.03. The van der Waals surface area contributed by atoms with Crippen LogP contribution in [0.2, 0.25) is 0 Å². The van der Waals surface area contributed by atoms with E-state index in [-0.39, 0.29) is 5.41 Å². The summed E-state index contributed by atoms with van der Waals surface area (Å²) in [5.41, 5.74) is -0.00139. The topological polar surface area (TPSA) is 51.0 Å². The molecule has 0 bridgehead atoms. The van der Waals surface area contributed by atoms with E-state index in [2.05, 4.69) is 36.2 Å². The molecule has 0 radical (unpaired) electrons. The molecular weight excluding hydrogens is 154 g/mol. The van der Waals surface area contributed by atoms with Crippen LogP contribution in [0.5, 0.6) is 0 Å². The second kappa shape index (κ2) is 3.13. The first-order valence-electron chi connectivity index (χ1n) is 4.12. The molecule has 1 aromatic heterocycles. The molecule has 0 unspecified atom stereocenters. The Hall–Kier alpha value is -1.06. The number of nitrogens with zero attached hydrogens (tertiary/aromatic N) is 2. The van der Waals surface area contributed by atoms with E-state index < -0.39 is 0 Å². The van der Waals surface area contributed by atoms with Gasteiger partial charge in [0.25, 0.3) is 0 Å². The van der Waals surface area contributed by atoms with E-state index in [4.69, 9.17) is 4.52 Å². The van der Waals surface area contributed by atoms with Crippen molar-refractivity contribution in [1.82, 2.24) is 10.1 Å². The fourth-order valence-electron chi connectivity index (χ4n) is 0.758. The minimum absolute atomic E-state index is 0.00139. The quantitative estimate of drug-likeness (QED) is 0.749. The highest BCUT2D eigenvalue weighted by Gasteiger charge is 2.24. The molecule has 0 aliphatic heterocycles. The van der Waals surface area contributed by atoms with E-state index in [0.717, 1.165) is 12.2 Å². The van der Waals surface area contributed by atoms with Gasteiger partial charge in [0.05, 0.1) is 0 Å². The Labute approximate surface area is 72.4 Å². The Morgan fingerprint density at radius 2 is 2.17 bits per heavy atom. The molecule has 0 saturated carbocycles. The number of rotatable bonds is 3. The second-order valence-electron chi connectivity index (χ2n) is 3.41. The molecule has 4 heteroatoms. The summed E-state index contributed by atoms with van der Waals surface area (Å²) in [6.07, 6.45) is 0.996. The molecule has 0 aromatic carbocycles. The Kier molecular flexibility index (Phi) is 2.35. The van der Waals surface area contributed by atoms with E-state index in [1.807, 2.05) is 0 Å². The lowest BCUT2D eigenvalue weighted by molar-refractivity contribution is 0.389. The number of hydrogen-bond donors (Lipinski definition) is 1. The molecule has 0 fully saturated rings. The third-order valence-corrected chi connectivity index (χ3v) is 2.13. The van der Waals surface area contributed by atoms with Gasteiger partial charge in [-0.1, -0.05) is 25.9 Å². The van der Waals surface area contributed by atoms with Crippen LogP contribution in [0.4, 0.5) is 6.01 Å². The van der Waals surface area contributed by atoms with Gasteiger partial charge in [0, 0.05) is 12.5 Å². The van der Waals surface area contributed by atoms with Crippen LogP contribution >= 0.6 is 0 Å². The van der Waals surface area contributed by atoms with Crippen molar-refractivity contribution in [3.63, 3.8) is 0 Å². The molecule has 0 spiro atoms. The molecule has 4 nitrogen and oxygen atoms in total. The van der Waals surface area contributed by atoms with Crippen molar-refractivity contribution >= 4 is 6.01 Å². The Balaban J connectivity index is 2.88. The normalized spacial score (nSPS) is 11.7. The van der Waals surface area contributed by atoms with Crippen molar-refractivity contribution in [3.05, 3.63) is 5.82 Å². The summed E-state index contributed by atoms with van der Waals surface area (Å²) in [6.45, 7) is 6.30. The standard InChI is InChI=1S/C8H15N3O/c1-5-8(2,3)6-10-7(9-4)12-11-6/h5H2,1-4H3,(H,9,10,11). The lowest BCUT2D eigenvalue weighted by Gasteiger charge is -2.16. The molecular formula is C8H15N3O. The molecule has 1 aromatic rings. The summed E-state index contributed by atoms with van der Waals surface area (Å²) in [5.74, 6) is 0.759. The van der Waals surface area contributed by atoms with Gasteiger partial charge in [0.2, 0.25) is 0 Å². The van der Waals surface area contributed by atoms with Crippen molar-refractivity contribution in [2.45, 2.75) is 32.6 Å². The van der Waals surface area contributed by atoms with Crippen LogP contribution in [0.25, 0.3) is 0 Å². The molecule has 0 aliphatic carbocycles. The lowest BCUT2D eigenvalue weighted by Crippen LogP contribution is -2.17. The molecule has 1 heterocycles. The molecule has 68 valence electrons. The first-order valence-corrected chi connectivity index (χ1v) is 4.12. The third-order valence-electron chi connectivity index (χ3n) is 2.13.